The smallest absolute Gasteiger partial charge is 0.338 e. The van der Waals surface area contributed by atoms with Gasteiger partial charge in [-0.05, 0) is 74.0 Å². The van der Waals surface area contributed by atoms with Crippen LogP contribution in [-0.4, -0.2) is 17.1 Å². The van der Waals surface area contributed by atoms with Gasteiger partial charge in [0.25, 0.3) is 0 Å². The fourth-order valence-electron chi connectivity index (χ4n) is 3.62. The first-order chi connectivity index (χ1) is 15.6. The van der Waals surface area contributed by atoms with Crippen LogP contribution in [0.15, 0.2) is 84.9 Å². The van der Waals surface area contributed by atoms with Crippen molar-refractivity contribution in [2.24, 2.45) is 0 Å². The van der Waals surface area contributed by atoms with Gasteiger partial charge in [0.05, 0.1) is 17.9 Å². The number of hydrogen-bond donors (Lipinski definition) is 0. The molecule has 0 fully saturated rings. The molecule has 0 saturated heterocycles. The summed E-state index contributed by atoms with van der Waals surface area (Å²) in [5.74, 6) is 0.106. The van der Waals surface area contributed by atoms with Crippen LogP contribution in [0.1, 0.15) is 28.5 Å². The highest BCUT2D eigenvalue weighted by Gasteiger charge is 2.15. The third kappa shape index (κ3) is 4.57. The van der Waals surface area contributed by atoms with Crippen LogP contribution in [0.2, 0.25) is 0 Å². The van der Waals surface area contributed by atoms with E-state index in [4.69, 9.17) is 9.47 Å². The summed E-state index contributed by atoms with van der Waals surface area (Å²) >= 11 is 0. The monoisotopic (exact) mass is 429 g/mol. The summed E-state index contributed by atoms with van der Waals surface area (Å²) < 4.78 is 26.5. The average molecular weight is 429 g/mol. The molecule has 5 heteroatoms. The van der Waals surface area contributed by atoms with Crippen LogP contribution >= 0.6 is 0 Å². The first-order valence-corrected chi connectivity index (χ1v) is 10.5. The fourth-order valence-corrected chi connectivity index (χ4v) is 3.62. The Bertz CT molecular complexity index is 1230. The second kappa shape index (κ2) is 9.52. The highest BCUT2D eigenvalue weighted by Crippen LogP contribution is 2.34. The molecule has 0 N–H and O–H groups in total. The van der Waals surface area contributed by atoms with Crippen LogP contribution in [0.3, 0.4) is 0 Å². The minimum atomic E-state index is -0.344. The van der Waals surface area contributed by atoms with E-state index in [2.05, 4.69) is 4.57 Å². The van der Waals surface area contributed by atoms with Gasteiger partial charge in [-0.15, -0.1) is 0 Å². The van der Waals surface area contributed by atoms with Crippen molar-refractivity contribution in [3.63, 3.8) is 0 Å². The number of hydrogen-bond acceptors (Lipinski definition) is 3. The highest BCUT2D eigenvalue weighted by molar-refractivity contribution is 5.90. The second-order valence-corrected chi connectivity index (χ2v) is 7.38. The molecular weight excluding hydrogens is 405 g/mol. The molecule has 4 nitrogen and oxygen atoms in total. The Kier molecular flexibility index (Phi) is 6.36. The third-order valence-corrected chi connectivity index (χ3v) is 5.16. The lowest BCUT2D eigenvalue weighted by Gasteiger charge is -2.16. The van der Waals surface area contributed by atoms with Crippen molar-refractivity contribution in [3.8, 4) is 22.7 Å². The SMILES string of the molecule is CCOC(=O)c1cccc(-n2c(C)ccc2-c2ccccc2OCc2ccc(F)cc2)c1. The lowest BCUT2D eigenvalue weighted by Crippen LogP contribution is -2.07. The first kappa shape index (κ1) is 21.4. The Morgan fingerprint density at radius 3 is 2.50 bits per heavy atom. The summed E-state index contributed by atoms with van der Waals surface area (Å²) in [6.07, 6.45) is 0. The number of nitrogens with zero attached hydrogens (tertiary/aromatic N) is 1. The standard InChI is InChI=1S/C27H24FNO3/c1-3-31-27(30)21-7-6-8-23(17-21)29-19(2)11-16-25(29)24-9-4-5-10-26(24)32-18-20-12-14-22(28)15-13-20/h4-17H,3,18H2,1-2H3. The van der Waals surface area contributed by atoms with E-state index in [1.165, 1.54) is 12.1 Å². The quantitative estimate of drug-likeness (QED) is 0.322. The van der Waals surface area contributed by atoms with Crippen LogP contribution in [0.5, 0.6) is 5.75 Å². The molecule has 0 spiro atoms. The maximum Gasteiger partial charge on any atom is 0.338 e. The molecule has 4 aromatic rings. The molecule has 0 bridgehead atoms. The summed E-state index contributed by atoms with van der Waals surface area (Å²) in [7, 11) is 0. The normalized spacial score (nSPS) is 10.7. The van der Waals surface area contributed by atoms with Gasteiger partial charge in [-0.1, -0.05) is 30.3 Å². The molecule has 162 valence electrons. The molecule has 0 unspecified atom stereocenters. The maximum atomic E-state index is 13.2. The summed E-state index contributed by atoms with van der Waals surface area (Å²) in [5.41, 5.74) is 5.14. The topological polar surface area (TPSA) is 40.5 Å². The Labute approximate surface area is 186 Å². The van der Waals surface area contributed by atoms with Gasteiger partial charge in [0.2, 0.25) is 0 Å². The van der Waals surface area contributed by atoms with E-state index >= 15 is 0 Å². The second-order valence-electron chi connectivity index (χ2n) is 7.38. The number of esters is 1. The van der Waals surface area contributed by atoms with Crippen LogP contribution in [0, 0.1) is 12.7 Å². The molecular formula is C27H24FNO3. The average Bonchev–Trinajstić information content (AvgIpc) is 3.20. The Morgan fingerprint density at radius 1 is 0.938 bits per heavy atom. The predicted octanol–water partition coefficient (Wildman–Crippen LogP) is 6.35. The van der Waals surface area contributed by atoms with Crippen LogP contribution in [0.25, 0.3) is 16.9 Å². The molecule has 4 rings (SSSR count). The molecule has 0 aliphatic rings. The Morgan fingerprint density at radius 2 is 1.72 bits per heavy atom. The number of carbonyl (C=O) groups excluding carboxylic acids is 1. The fraction of sp³-hybridized carbons (Fsp3) is 0.148. The van der Waals surface area contributed by atoms with Crippen molar-refractivity contribution in [2.45, 2.75) is 20.5 Å². The first-order valence-electron chi connectivity index (χ1n) is 10.5. The molecule has 0 saturated carbocycles. The van der Waals surface area contributed by atoms with E-state index in [0.717, 1.165) is 34.0 Å². The van der Waals surface area contributed by atoms with E-state index in [1.54, 1.807) is 25.1 Å². The zero-order chi connectivity index (χ0) is 22.5. The van der Waals surface area contributed by atoms with Crippen molar-refractivity contribution in [1.29, 1.82) is 0 Å². The number of rotatable bonds is 7. The van der Waals surface area contributed by atoms with Crippen LogP contribution in [-0.2, 0) is 11.3 Å². The van der Waals surface area contributed by atoms with Gasteiger partial charge in [-0.25, -0.2) is 9.18 Å². The van der Waals surface area contributed by atoms with E-state index in [9.17, 15) is 9.18 Å². The van der Waals surface area contributed by atoms with Crippen molar-refractivity contribution in [2.75, 3.05) is 6.61 Å². The molecule has 0 atom stereocenters. The zero-order valence-electron chi connectivity index (χ0n) is 18.0. The summed E-state index contributed by atoms with van der Waals surface area (Å²) in [4.78, 5) is 12.2. The number of aromatic nitrogens is 1. The number of benzene rings is 3. The number of para-hydroxylation sites is 1. The Balaban J connectivity index is 1.69. The van der Waals surface area contributed by atoms with Crippen LogP contribution < -0.4 is 4.74 Å². The van der Waals surface area contributed by atoms with Crippen molar-refractivity contribution < 1.29 is 18.7 Å². The largest absolute Gasteiger partial charge is 0.488 e. The molecule has 0 aliphatic carbocycles. The summed E-state index contributed by atoms with van der Waals surface area (Å²) in [6.45, 7) is 4.46. The van der Waals surface area contributed by atoms with Gasteiger partial charge < -0.3 is 14.0 Å². The number of halogens is 1. The van der Waals surface area contributed by atoms with Gasteiger partial charge in [0.1, 0.15) is 18.2 Å². The molecule has 1 aromatic heterocycles. The molecule has 0 amide bonds. The lowest BCUT2D eigenvalue weighted by atomic mass is 10.1. The van der Waals surface area contributed by atoms with E-state index in [1.807, 2.05) is 61.5 Å². The minimum absolute atomic E-state index is 0.271. The van der Waals surface area contributed by atoms with Gasteiger partial charge in [0.15, 0.2) is 0 Å². The van der Waals surface area contributed by atoms with E-state index in [0.29, 0.717) is 18.8 Å². The van der Waals surface area contributed by atoms with E-state index < -0.39 is 0 Å². The van der Waals surface area contributed by atoms with Gasteiger partial charge in [0, 0.05) is 16.9 Å². The predicted molar refractivity (Wildman–Crippen MR) is 123 cm³/mol. The summed E-state index contributed by atoms with van der Waals surface area (Å²) in [6, 6.07) is 25.5. The lowest BCUT2D eigenvalue weighted by molar-refractivity contribution is 0.0526. The van der Waals surface area contributed by atoms with Crippen LogP contribution in [0.4, 0.5) is 4.39 Å². The number of ether oxygens (including phenoxy) is 2. The molecule has 0 aliphatic heterocycles. The van der Waals surface area contributed by atoms with Crippen molar-refractivity contribution >= 4 is 5.97 Å². The van der Waals surface area contributed by atoms with Crippen molar-refractivity contribution in [1.82, 2.24) is 4.57 Å². The van der Waals surface area contributed by atoms with Gasteiger partial charge >= 0.3 is 5.97 Å². The Hall–Kier alpha value is -3.86. The molecule has 1 heterocycles. The molecule has 32 heavy (non-hydrogen) atoms. The number of aryl methyl sites for hydroxylation is 1. The van der Waals surface area contributed by atoms with Gasteiger partial charge in [-0.2, -0.15) is 0 Å². The number of carbonyl (C=O) groups is 1. The molecule has 0 radical (unpaired) electrons. The van der Waals surface area contributed by atoms with Crippen molar-refractivity contribution in [3.05, 3.63) is 108 Å². The molecule has 3 aromatic carbocycles. The summed E-state index contributed by atoms with van der Waals surface area (Å²) in [5, 5.41) is 0. The highest BCUT2D eigenvalue weighted by atomic mass is 19.1. The third-order valence-electron chi connectivity index (χ3n) is 5.16. The zero-order valence-corrected chi connectivity index (χ0v) is 18.0. The minimum Gasteiger partial charge on any atom is -0.488 e. The maximum absolute atomic E-state index is 13.2. The van der Waals surface area contributed by atoms with E-state index in [-0.39, 0.29) is 11.8 Å². The van der Waals surface area contributed by atoms with Gasteiger partial charge in [-0.3, -0.25) is 0 Å².